The molecule has 0 radical (unpaired) electrons. The van der Waals surface area contributed by atoms with Gasteiger partial charge in [0.2, 0.25) is 5.91 Å². The Labute approximate surface area is 111 Å². The van der Waals surface area contributed by atoms with Crippen molar-refractivity contribution in [2.24, 2.45) is 5.10 Å². The van der Waals surface area contributed by atoms with Crippen LogP contribution >= 0.6 is 0 Å². The highest BCUT2D eigenvalue weighted by Crippen LogP contribution is 2.08. The van der Waals surface area contributed by atoms with Gasteiger partial charge < -0.3 is 5.32 Å². The third-order valence-electron chi connectivity index (χ3n) is 2.29. The zero-order valence-corrected chi connectivity index (χ0v) is 10.5. The molecule has 0 bridgehead atoms. The number of nitrogens with zero attached hydrogens (tertiary/aromatic N) is 2. The van der Waals surface area contributed by atoms with Crippen molar-refractivity contribution in [1.82, 2.24) is 4.98 Å². The van der Waals surface area contributed by atoms with E-state index in [4.69, 9.17) is 0 Å². The molecule has 0 aliphatic carbocycles. The molecule has 5 nitrogen and oxygen atoms in total. The molecule has 1 aromatic heterocycles. The maximum atomic E-state index is 10.9. The fourth-order valence-electron chi connectivity index (χ4n) is 1.46. The SMILES string of the molecule is CC(=O)Nc1ccc(C=NNc2ccccn2)cc1. The number of hydrogen-bond acceptors (Lipinski definition) is 4. The van der Waals surface area contributed by atoms with Crippen molar-refractivity contribution >= 4 is 23.6 Å². The largest absolute Gasteiger partial charge is 0.326 e. The smallest absolute Gasteiger partial charge is 0.221 e. The predicted molar refractivity (Wildman–Crippen MR) is 76.2 cm³/mol. The molecule has 0 fully saturated rings. The second-order valence-electron chi connectivity index (χ2n) is 3.89. The summed E-state index contributed by atoms with van der Waals surface area (Å²) in [6, 6.07) is 12.9. The van der Waals surface area contributed by atoms with Gasteiger partial charge in [0, 0.05) is 18.8 Å². The molecule has 0 aliphatic rings. The third-order valence-corrected chi connectivity index (χ3v) is 2.29. The first kappa shape index (κ1) is 12.8. The van der Waals surface area contributed by atoms with Gasteiger partial charge in [-0.2, -0.15) is 5.10 Å². The quantitative estimate of drug-likeness (QED) is 0.650. The van der Waals surface area contributed by atoms with Crippen LogP contribution in [0.4, 0.5) is 11.5 Å². The molecule has 0 saturated heterocycles. The molecule has 1 aromatic carbocycles. The summed E-state index contributed by atoms with van der Waals surface area (Å²) in [5.41, 5.74) is 4.52. The highest BCUT2D eigenvalue weighted by atomic mass is 16.1. The molecule has 2 aromatic rings. The van der Waals surface area contributed by atoms with Gasteiger partial charge >= 0.3 is 0 Å². The molecule has 0 unspecified atom stereocenters. The van der Waals surface area contributed by atoms with Crippen LogP contribution in [-0.4, -0.2) is 17.1 Å². The summed E-state index contributed by atoms with van der Waals surface area (Å²) in [4.78, 5) is 15.0. The Morgan fingerprint density at radius 3 is 2.63 bits per heavy atom. The first-order valence-corrected chi connectivity index (χ1v) is 5.82. The van der Waals surface area contributed by atoms with Crippen LogP contribution in [0.25, 0.3) is 0 Å². The Morgan fingerprint density at radius 1 is 1.21 bits per heavy atom. The van der Waals surface area contributed by atoms with Crippen LogP contribution in [0.5, 0.6) is 0 Å². The van der Waals surface area contributed by atoms with Gasteiger partial charge in [0.05, 0.1) is 6.21 Å². The number of carbonyl (C=O) groups is 1. The van der Waals surface area contributed by atoms with Crippen molar-refractivity contribution in [2.45, 2.75) is 6.92 Å². The highest BCUT2D eigenvalue weighted by molar-refractivity contribution is 5.89. The van der Waals surface area contributed by atoms with Crippen LogP contribution in [0.3, 0.4) is 0 Å². The number of rotatable bonds is 4. The van der Waals surface area contributed by atoms with Crippen LogP contribution < -0.4 is 10.7 Å². The molecule has 0 saturated carbocycles. The Morgan fingerprint density at radius 2 is 2.00 bits per heavy atom. The van der Waals surface area contributed by atoms with Crippen LogP contribution in [0.2, 0.25) is 0 Å². The lowest BCUT2D eigenvalue weighted by molar-refractivity contribution is -0.114. The minimum atomic E-state index is -0.0850. The van der Waals surface area contributed by atoms with E-state index < -0.39 is 0 Å². The van der Waals surface area contributed by atoms with Gasteiger partial charge in [0.25, 0.3) is 0 Å². The Kier molecular flexibility index (Phi) is 4.23. The van der Waals surface area contributed by atoms with Crippen molar-refractivity contribution in [1.29, 1.82) is 0 Å². The lowest BCUT2D eigenvalue weighted by Crippen LogP contribution is -2.05. The van der Waals surface area contributed by atoms with Gasteiger partial charge in [-0.15, -0.1) is 0 Å². The number of carbonyl (C=O) groups excluding carboxylic acids is 1. The van der Waals surface area contributed by atoms with E-state index in [2.05, 4.69) is 20.8 Å². The van der Waals surface area contributed by atoms with E-state index >= 15 is 0 Å². The molecular formula is C14H14N4O. The van der Waals surface area contributed by atoms with Gasteiger partial charge in [0.15, 0.2) is 0 Å². The molecular weight excluding hydrogens is 240 g/mol. The van der Waals surface area contributed by atoms with Gasteiger partial charge in [-0.25, -0.2) is 4.98 Å². The van der Waals surface area contributed by atoms with Gasteiger partial charge in [-0.3, -0.25) is 10.2 Å². The molecule has 2 N–H and O–H groups in total. The van der Waals surface area contributed by atoms with Crippen molar-refractivity contribution < 1.29 is 4.79 Å². The average molecular weight is 254 g/mol. The summed E-state index contributed by atoms with van der Waals surface area (Å²) < 4.78 is 0. The van der Waals surface area contributed by atoms with Gasteiger partial charge in [-0.1, -0.05) is 18.2 Å². The van der Waals surface area contributed by atoms with Crippen LogP contribution in [-0.2, 0) is 4.79 Å². The van der Waals surface area contributed by atoms with Crippen molar-refractivity contribution in [2.75, 3.05) is 10.7 Å². The number of amides is 1. The summed E-state index contributed by atoms with van der Waals surface area (Å²) in [6.07, 6.45) is 3.38. The van der Waals surface area contributed by atoms with Gasteiger partial charge in [0.1, 0.15) is 5.82 Å². The molecule has 1 amide bonds. The number of pyridine rings is 1. The fraction of sp³-hybridized carbons (Fsp3) is 0.0714. The number of benzene rings is 1. The average Bonchev–Trinajstić information content (AvgIpc) is 2.41. The lowest BCUT2D eigenvalue weighted by atomic mass is 10.2. The standard InChI is InChI=1S/C14H14N4O/c1-11(19)17-13-7-5-12(6-8-13)10-16-18-14-4-2-3-9-15-14/h2-10H,1H3,(H,15,18)(H,17,19). The fourth-order valence-corrected chi connectivity index (χ4v) is 1.46. The summed E-state index contributed by atoms with van der Waals surface area (Å²) >= 11 is 0. The van der Waals surface area contributed by atoms with E-state index in [1.54, 1.807) is 12.4 Å². The van der Waals surface area contributed by atoms with Crippen LogP contribution in [0, 0.1) is 0 Å². The topological polar surface area (TPSA) is 66.4 Å². The van der Waals surface area contributed by atoms with Crippen LogP contribution in [0.1, 0.15) is 12.5 Å². The number of hydrogen-bond donors (Lipinski definition) is 2. The zero-order valence-electron chi connectivity index (χ0n) is 10.5. The van der Waals surface area contributed by atoms with Gasteiger partial charge in [-0.05, 0) is 29.8 Å². The minimum Gasteiger partial charge on any atom is -0.326 e. The van der Waals surface area contributed by atoms with E-state index in [-0.39, 0.29) is 5.91 Å². The summed E-state index contributed by atoms with van der Waals surface area (Å²) in [5, 5.41) is 6.78. The van der Waals surface area contributed by atoms with Crippen molar-refractivity contribution in [3.8, 4) is 0 Å². The maximum Gasteiger partial charge on any atom is 0.221 e. The zero-order chi connectivity index (χ0) is 13.5. The Bertz CT molecular complexity index is 564. The second-order valence-corrected chi connectivity index (χ2v) is 3.89. The molecule has 19 heavy (non-hydrogen) atoms. The second kappa shape index (κ2) is 6.30. The first-order valence-electron chi connectivity index (χ1n) is 5.82. The molecule has 2 rings (SSSR count). The monoisotopic (exact) mass is 254 g/mol. The Hall–Kier alpha value is -2.69. The first-order chi connectivity index (χ1) is 9.24. The molecule has 1 heterocycles. The lowest BCUT2D eigenvalue weighted by Gasteiger charge is -2.01. The third kappa shape index (κ3) is 4.23. The molecule has 0 atom stereocenters. The highest BCUT2D eigenvalue weighted by Gasteiger charge is 1.94. The predicted octanol–water partition coefficient (Wildman–Crippen LogP) is 2.49. The normalized spacial score (nSPS) is 10.4. The summed E-state index contributed by atoms with van der Waals surface area (Å²) in [7, 11) is 0. The minimum absolute atomic E-state index is 0.0850. The number of aromatic nitrogens is 1. The van der Waals surface area contributed by atoms with Crippen LogP contribution in [0.15, 0.2) is 53.8 Å². The Balaban J connectivity index is 1.94. The number of anilines is 2. The van der Waals surface area contributed by atoms with E-state index in [0.29, 0.717) is 5.82 Å². The molecule has 0 spiro atoms. The molecule has 0 aliphatic heterocycles. The van der Waals surface area contributed by atoms with E-state index in [9.17, 15) is 4.79 Å². The van der Waals surface area contributed by atoms with E-state index in [1.807, 2.05) is 42.5 Å². The molecule has 96 valence electrons. The summed E-state index contributed by atoms with van der Waals surface area (Å²) in [5.74, 6) is 0.604. The van der Waals surface area contributed by atoms with E-state index in [0.717, 1.165) is 11.3 Å². The maximum absolute atomic E-state index is 10.9. The van der Waals surface area contributed by atoms with Crippen molar-refractivity contribution in [3.63, 3.8) is 0 Å². The summed E-state index contributed by atoms with van der Waals surface area (Å²) in [6.45, 7) is 1.48. The molecule has 5 heteroatoms. The van der Waals surface area contributed by atoms with Crippen molar-refractivity contribution in [3.05, 3.63) is 54.2 Å². The van der Waals surface area contributed by atoms with E-state index in [1.165, 1.54) is 6.92 Å². The number of hydrazone groups is 1. The number of nitrogens with one attached hydrogen (secondary N) is 2.